The summed E-state index contributed by atoms with van der Waals surface area (Å²) >= 11 is 0. The minimum absolute atomic E-state index is 0.176. The Kier molecular flexibility index (Phi) is 7.25. The smallest absolute Gasteiger partial charge is 0.253 e. The van der Waals surface area contributed by atoms with Crippen molar-refractivity contribution in [3.05, 3.63) is 111 Å². The Hall–Kier alpha value is -4.08. The molecule has 37 heavy (non-hydrogen) atoms. The summed E-state index contributed by atoms with van der Waals surface area (Å²) in [5.74, 6) is 1.34. The van der Waals surface area contributed by atoms with Crippen LogP contribution in [0.15, 0.2) is 76.1 Å². The summed E-state index contributed by atoms with van der Waals surface area (Å²) in [5, 5.41) is 13.6. The van der Waals surface area contributed by atoms with Gasteiger partial charge in [-0.2, -0.15) is 0 Å². The van der Waals surface area contributed by atoms with Gasteiger partial charge < -0.3 is 14.1 Å². The van der Waals surface area contributed by atoms with Crippen molar-refractivity contribution in [1.82, 2.24) is 30.1 Å². The van der Waals surface area contributed by atoms with Gasteiger partial charge in [0.25, 0.3) is 5.56 Å². The molecule has 3 aromatic heterocycles. The van der Waals surface area contributed by atoms with E-state index in [9.17, 15) is 4.79 Å². The van der Waals surface area contributed by atoms with Crippen molar-refractivity contribution >= 4 is 10.9 Å². The van der Waals surface area contributed by atoms with Crippen molar-refractivity contribution in [2.24, 2.45) is 0 Å². The molecular weight excluding hydrogens is 468 g/mol. The van der Waals surface area contributed by atoms with Crippen LogP contribution in [0.4, 0.5) is 0 Å². The van der Waals surface area contributed by atoms with E-state index in [1.54, 1.807) is 18.1 Å². The number of aryl methyl sites for hydroxylation is 2. The number of rotatable bonds is 10. The van der Waals surface area contributed by atoms with Gasteiger partial charge in [-0.3, -0.25) is 9.69 Å². The van der Waals surface area contributed by atoms with Crippen LogP contribution in [0, 0.1) is 13.8 Å². The molecule has 1 atom stereocenters. The lowest BCUT2D eigenvalue weighted by molar-refractivity contribution is 0.163. The van der Waals surface area contributed by atoms with Crippen molar-refractivity contribution in [3.63, 3.8) is 0 Å². The fraction of sp³-hybridized carbons (Fsp3) is 0.286. The molecule has 0 amide bonds. The second kappa shape index (κ2) is 10.9. The van der Waals surface area contributed by atoms with Gasteiger partial charge in [0.1, 0.15) is 11.8 Å². The maximum atomic E-state index is 13.7. The highest BCUT2D eigenvalue weighted by Gasteiger charge is 2.31. The quantitative estimate of drug-likeness (QED) is 0.308. The first-order valence-electron chi connectivity index (χ1n) is 12.2. The third kappa shape index (κ3) is 5.23. The molecule has 0 saturated heterocycles. The number of tetrazole rings is 1. The molecule has 3 heterocycles. The topological polar surface area (TPSA) is 102 Å². The fourth-order valence-corrected chi connectivity index (χ4v) is 4.70. The predicted molar refractivity (Wildman–Crippen MR) is 140 cm³/mol. The van der Waals surface area contributed by atoms with Gasteiger partial charge in [-0.25, -0.2) is 4.68 Å². The first-order chi connectivity index (χ1) is 18.0. The molecule has 5 rings (SSSR count). The van der Waals surface area contributed by atoms with Crippen LogP contribution in [0.5, 0.6) is 0 Å². The van der Waals surface area contributed by atoms with Crippen molar-refractivity contribution < 1.29 is 9.15 Å². The summed E-state index contributed by atoms with van der Waals surface area (Å²) in [4.78, 5) is 19.0. The van der Waals surface area contributed by atoms with Gasteiger partial charge >= 0.3 is 0 Å². The van der Waals surface area contributed by atoms with Crippen molar-refractivity contribution in [2.75, 3.05) is 13.7 Å². The normalized spacial score (nSPS) is 12.4. The lowest BCUT2D eigenvalue weighted by Gasteiger charge is -2.30. The molecule has 1 N–H and O–H groups in total. The standard InChI is InChI=1S/C28H30N6O3/c1-19-11-12-20(2)25-23(19)16-24(28(35)29-25)26(27-30-31-32-34(27)13-15-36-3)33(18-22-10-7-14-37-22)17-21-8-5-4-6-9-21/h4-12,14,16,26H,13,15,17-18H2,1-3H3,(H,29,35)/t26-/m1/s1. The van der Waals surface area contributed by atoms with Gasteiger partial charge in [0.2, 0.25) is 0 Å². The minimum atomic E-state index is -0.551. The number of fused-ring (bicyclic) bond motifs is 1. The van der Waals surface area contributed by atoms with E-state index < -0.39 is 6.04 Å². The van der Waals surface area contributed by atoms with Crippen LogP contribution in [0.3, 0.4) is 0 Å². The number of aromatic nitrogens is 5. The van der Waals surface area contributed by atoms with Crippen LogP contribution in [-0.2, 0) is 24.4 Å². The van der Waals surface area contributed by atoms with E-state index in [0.717, 1.165) is 33.4 Å². The highest BCUT2D eigenvalue weighted by molar-refractivity contribution is 5.85. The zero-order valence-corrected chi connectivity index (χ0v) is 21.2. The highest BCUT2D eigenvalue weighted by atomic mass is 16.5. The van der Waals surface area contributed by atoms with Gasteiger partial charge in [0, 0.05) is 24.6 Å². The summed E-state index contributed by atoms with van der Waals surface area (Å²) in [6.45, 7) is 5.94. The number of hydrogen-bond acceptors (Lipinski definition) is 7. The van der Waals surface area contributed by atoms with Crippen LogP contribution in [-0.4, -0.2) is 43.8 Å². The van der Waals surface area contributed by atoms with Gasteiger partial charge in [-0.15, -0.1) is 5.10 Å². The van der Waals surface area contributed by atoms with Crippen LogP contribution in [0.25, 0.3) is 10.9 Å². The van der Waals surface area contributed by atoms with Gasteiger partial charge in [-0.05, 0) is 59.2 Å². The number of pyridine rings is 1. The van der Waals surface area contributed by atoms with E-state index in [2.05, 4.69) is 43.6 Å². The molecule has 2 aromatic carbocycles. The van der Waals surface area contributed by atoms with Gasteiger partial charge in [-0.1, -0.05) is 42.5 Å². The van der Waals surface area contributed by atoms with E-state index in [-0.39, 0.29) is 5.56 Å². The first-order valence-corrected chi connectivity index (χ1v) is 12.2. The molecule has 5 aromatic rings. The molecule has 0 fully saturated rings. The Morgan fingerprint density at radius 1 is 1.05 bits per heavy atom. The summed E-state index contributed by atoms with van der Waals surface area (Å²) in [6, 6.07) is 19.5. The summed E-state index contributed by atoms with van der Waals surface area (Å²) in [7, 11) is 1.64. The Labute approximate surface area is 214 Å². The van der Waals surface area contributed by atoms with E-state index in [4.69, 9.17) is 9.15 Å². The number of H-pyrrole nitrogens is 1. The van der Waals surface area contributed by atoms with Crippen LogP contribution in [0.2, 0.25) is 0 Å². The lowest BCUT2D eigenvalue weighted by Crippen LogP contribution is -2.35. The molecule has 0 radical (unpaired) electrons. The number of hydrogen-bond donors (Lipinski definition) is 1. The Morgan fingerprint density at radius 3 is 2.62 bits per heavy atom. The lowest BCUT2D eigenvalue weighted by atomic mass is 9.99. The van der Waals surface area contributed by atoms with Crippen molar-refractivity contribution in [2.45, 2.75) is 39.5 Å². The SMILES string of the molecule is COCCn1nnnc1[C@@H](c1cc2c(C)ccc(C)c2[nH]c1=O)N(Cc1ccccc1)Cc1ccco1. The van der Waals surface area contributed by atoms with Crippen molar-refractivity contribution in [3.8, 4) is 0 Å². The van der Waals surface area contributed by atoms with E-state index in [1.165, 1.54) is 0 Å². The molecule has 9 heteroatoms. The molecule has 0 unspecified atom stereocenters. The number of nitrogens with one attached hydrogen (secondary N) is 1. The number of benzene rings is 2. The maximum Gasteiger partial charge on any atom is 0.253 e. The molecular formula is C28H30N6O3. The number of furan rings is 1. The summed E-state index contributed by atoms with van der Waals surface area (Å²) < 4.78 is 12.7. The van der Waals surface area contributed by atoms with Gasteiger partial charge in [0.05, 0.1) is 31.5 Å². The average molecular weight is 499 g/mol. The number of methoxy groups -OCH3 is 1. The summed E-state index contributed by atoms with van der Waals surface area (Å²) in [6.07, 6.45) is 1.66. The maximum absolute atomic E-state index is 13.7. The fourth-order valence-electron chi connectivity index (χ4n) is 4.70. The predicted octanol–water partition coefficient (Wildman–Crippen LogP) is 4.16. The molecule has 0 bridgehead atoms. The summed E-state index contributed by atoms with van der Waals surface area (Å²) in [5.41, 5.74) is 4.42. The number of nitrogens with zero attached hydrogens (tertiary/aromatic N) is 5. The van der Waals surface area contributed by atoms with Crippen LogP contribution >= 0.6 is 0 Å². The van der Waals surface area contributed by atoms with Crippen LogP contribution in [0.1, 0.15) is 39.9 Å². The zero-order valence-electron chi connectivity index (χ0n) is 21.2. The largest absolute Gasteiger partial charge is 0.468 e. The highest BCUT2D eigenvalue weighted by Crippen LogP contribution is 2.31. The number of aromatic amines is 1. The Balaban J connectivity index is 1.71. The van der Waals surface area contributed by atoms with Crippen LogP contribution < -0.4 is 5.56 Å². The van der Waals surface area contributed by atoms with Gasteiger partial charge in [0.15, 0.2) is 5.82 Å². The zero-order chi connectivity index (χ0) is 25.8. The van der Waals surface area contributed by atoms with E-state index in [0.29, 0.717) is 37.6 Å². The molecule has 0 saturated carbocycles. The molecule has 0 aliphatic carbocycles. The molecule has 0 aliphatic heterocycles. The third-order valence-electron chi connectivity index (χ3n) is 6.61. The first kappa shape index (κ1) is 24.6. The third-order valence-corrected chi connectivity index (χ3v) is 6.61. The second-order valence-corrected chi connectivity index (χ2v) is 9.17. The monoisotopic (exact) mass is 498 g/mol. The second-order valence-electron chi connectivity index (χ2n) is 9.17. The van der Waals surface area contributed by atoms with E-state index in [1.807, 2.05) is 56.3 Å². The molecule has 9 nitrogen and oxygen atoms in total. The average Bonchev–Trinajstić information content (AvgIpc) is 3.59. The molecule has 0 spiro atoms. The van der Waals surface area contributed by atoms with Crippen molar-refractivity contribution in [1.29, 1.82) is 0 Å². The van der Waals surface area contributed by atoms with E-state index >= 15 is 0 Å². The Morgan fingerprint density at radius 2 is 1.86 bits per heavy atom. The molecule has 0 aliphatic rings. The Bertz CT molecular complexity index is 1530. The molecule has 190 valence electrons. The minimum Gasteiger partial charge on any atom is -0.468 e. The number of ether oxygens (including phenoxy) is 1.